The number of fused-ring (bicyclic) bond motifs is 3. The molecule has 0 unspecified atom stereocenters. The zero-order valence-electron chi connectivity index (χ0n) is 16.2. The zero-order valence-corrected chi connectivity index (χ0v) is 20.2. The fraction of sp³-hybridized carbons (Fsp3) is 0.368. The number of rotatable bonds is 3. The van der Waals surface area contributed by atoms with Crippen LogP contribution in [0.25, 0.3) is 11.1 Å². The predicted octanol–water partition coefficient (Wildman–Crippen LogP) is 6.36. The van der Waals surface area contributed by atoms with Gasteiger partial charge in [0.05, 0.1) is 21.9 Å². The Morgan fingerprint density at radius 1 is 1.18 bits per heavy atom. The van der Waals surface area contributed by atoms with Crippen LogP contribution in [0, 0.1) is 24.6 Å². The van der Waals surface area contributed by atoms with Crippen LogP contribution in [0.4, 0.5) is 5.69 Å². The minimum absolute atomic E-state index is 0.0716. The number of thioether (sulfide) groups is 1. The molecule has 4 rings (SSSR count). The second kappa shape index (κ2) is 7.28. The highest BCUT2D eigenvalue weighted by atomic mass is 32.9. The number of carbonyl (C=O) groups excluding carboxylic acids is 1. The molecule has 0 fully saturated rings. The standard InChI is InChI=1S/C19H19N3OS5/c1-9-6-12-13(7-10(9)2)22(14(23)8-25-18-21-20-11(3)26-18)19(4,5)16-15(12)17(24)28-27-16/h6-7H,8H2,1-5H3. The molecule has 3 heterocycles. The lowest BCUT2D eigenvalue weighted by molar-refractivity contribution is -0.117. The number of aromatic nitrogens is 2. The summed E-state index contributed by atoms with van der Waals surface area (Å²) in [7, 11) is 3.31. The molecule has 2 aromatic heterocycles. The number of nitrogens with zero attached hydrogens (tertiary/aromatic N) is 3. The SMILES string of the molecule is Cc1nnc(SCC(=O)N2c3cc(C)c(C)cc3-c3c(ssc3=S)C2(C)C)s1. The second-order valence-electron chi connectivity index (χ2n) is 7.28. The van der Waals surface area contributed by atoms with Gasteiger partial charge in [-0.2, -0.15) is 0 Å². The topological polar surface area (TPSA) is 46.1 Å². The van der Waals surface area contributed by atoms with E-state index in [-0.39, 0.29) is 5.91 Å². The monoisotopic (exact) mass is 465 g/mol. The summed E-state index contributed by atoms with van der Waals surface area (Å²) in [4.78, 5) is 16.5. The Bertz CT molecular complexity index is 1140. The van der Waals surface area contributed by atoms with Crippen molar-refractivity contribution in [1.82, 2.24) is 10.2 Å². The summed E-state index contributed by atoms with van der Waals surface area (Å²) in [6.45, 7) is 10.3. The molecule has 1 amide bonds. The second-order valence-corrected chi connectivity index (χ2v) is 12.5. The van der Waals surface area contributed by atoms with Crippen molar-refractivity contribution in [3.05, 3.63) is 37.0 Å². The molecule has 0 radical (unpaired) electrons. The number of aryl methyl sites for hydroxylation is 3. The minimum Gasteiger partial charge on any atom is -0.301 e. The van der Waals surface area contributed by atoms with Crippen LogP contribution >= 0.6 is 56.0 Å². The van der Waals surface area contributed by atoms with Gasteiger partial charge < -0.3 is 4.90 Å². The van der Waals surface area contributed by atoms with Crippen molar-refractivity contribution in [2.75, 3.05) is 10.7 Å². The normalized spacial score (nSPS) is 14.7. The fourth-order valence-corrected chi connectivity index (χ4v) is 8.40. The summed E-state index contributed by atoms with van der Waals surface area (Å²) < 4.78 is 1.73. The molecule has 9 heteroatoms. The summed E-state index contributed by atoms with van der Waals surface area (Å²) >= 11 is 8.63. The van der Waals surface area contributed by atoms with Crippen LogP contribution in [0.1, 0.15) is 34.9 Å². The number of hydrogen-bond donors (Lipinski definition) is 0. The van der Waals surface area contributed by atoms with Crippen LogP contribution in [0.15, 0.2) is 16.5 Å². The molecule has 0 aliphatic carbocycles. The van der Waals surface area contributed by atoms with E-state index in [0.717, 1.165) is 30.0 Å². The van der Waals surface area contributed by atoms with E-state index in [1.54, 1.807) is 20.7 Å². The third kappa shape index (κ3) is 3.27. The van der Waals surface area contributed by atoms with Gasteiger partial charge in [-0.1, -0.05) is 56.0 Å². The first kappa shape index (κ1) is 20.2. The van der Waals surface area contributed by atoms with Crippen LogP contribution in [0.5, 0.6) is 0 Å². The van der Waals surface area contributed by atoms with E-state index in [9.17, 15) is 4.79 Å². The van der Waals surface area contributed by atoms with Gasteiger partial charge in [-0.3, -0.25) is 4.79 Å². The number of carbonyl (C=O) groups is 1. The minimum atomic E-state index is -0.447. The highest BCUT2D eigenvalue weighted by molar-refractivity contribution is 8.01. The first-order chi connectivity index (χ1) is 13.2. The van der Waals surface area contributed by atoms with Crippen molar-refractivity contribution in [1.29, 1.82) is 0 Å². The van der Waals surface area contributed by atoms with E-state index >= 15 is 0 Å². The van der Waals surface area contributed by atoms with Gasteiger partial charge in [0.2, 0.25) is 5.91 Å². The number of hydrogen-bond acceptors (Lipinski definition) is 8. The maximum absolute atomic E-state index is 13.4. The smallest absolute Gasteiger partial charge is 0.238 e. The van der Waals surface area contributed by atoms with E-state index in [2.05, 4.69) is 50.0 Å². The Labute approximate surface area is 185 Å². The molecule has 0 atom stereocenters. The summed E-state index contributed by atoms with van der Waals surface area (Å²) in [5.41, 5.74) is 5.09. The van der Waals surface area contributed by atoms with Crippen LogP contribution in [0.3, 0.4) is 0 Å². The van der Waals surface area contributed by atoms with Crippen molar-refractivity contribution in [3.8, 4) is 11.1 Å². The third-order valence-electron chi connectivity index (χ3n) is 4.94. The van der Waals surface area contributed by atoms with Gasteiger partial charge in [0.15, 0.2) is 4.34 Å². The van der Waals surface area contributed by atoms with E-state index in [1.165, 1.54) is 39.1 Å². The highest BCUT2D eigenvalue weighted by Crippen LogP contribution is 2.52. The molecular formula is C19H19N3OS5. The number of amides is 1. The molecule has 4 nitrogen and oxygen atoms in total. The zero-order chi connectivity index (χ0) is 20.2. The van der Waals surface area contributed by atoms with Gasteiger partial charge in [0, 0.05) is 11.1 Å². The lowest BCUT2D eigenvalue weighted by Crippen LogP contribution is -2.48. The Hall–Kier alpha value is -1.13. The first-order valence-corrected chi connectivity index (χ1v) is 13.1. The Balaban J connectivity index is 1.79. The van der Waals surface area contributed by atoms with Gasteiger partial charge in [-0.25, -0.2) is 0 Å². The quantitative estimate of drug-likeness (QED) is 0.256. The van der Waals surface area contributed by atoms with Crippen molar-refractivity contribution in [2.24, 2.45) is 0 Å². The molecule has 0 saturated carbocycles. The van der Waals surface area contributed by atoms with E-state index in [4.69, 9.17) is 12.2 Å². The van der Waals surface area contributed by atoms with Gasteiger partial charge in [-0.15, -0.1) is 10.2 Å². The van der Waals surface area contributed by atoms with Crippen molar-refractivity contribution in [3.63, 3.8) is 0 Å². The average molecular weight is 466 g/mol. The van der Waals surface area contributed by atoms with Gasteiger partial charge >= 0.3 is 0 Å². The van der Waals surface area contributed by atoms with Gasteiger partial charge in [-0.05, 0) is 57.9 Å². The molecule has 1 aliphatic rings. The Kier molecular flexibility index (Phi) is 5.24. The summed E-state index contributed by atoms with van der Waals surface area (Å²) in [6, 6.07) is 4.31. The number of anilines is 1. The van der Waals surface area contributed by atoms with Gasteiger partial charge in [0.25, 0.3) is 0 Å². The average Bonchev–Trinajstić information content (AvgIpc) is 3.21. The van der Waals surface area contributed by atoms with Crippen LogP contribution in [-0.4, -0.2) is 21.9 Å². The molecule has 1 aliphatic heterocycles. The molecule has 146 valence electrons. The van der Waals surface area contributed by atoms with Crippen LogP contribution in [-0.2, 0) is 10.3 Å². The van der Waals surface area contributed by atoms with Crippen LogP contribution < -0.4 is 4.90 Å². The molecule has 0 saturated heterocycles. The predicted molar refractivity (Wildman–Crippen MR) is 124 cm³/mol. The lowest BCUT2D eigenvalue weighted by Gasteiger charge is -2.43. The summed E-state index contributed by atoms with van der Waals surface area (Å²) in [6.07, 6.45) is 0. The maximum atomic E-state index is 13.4. The van der Waals surface area contributed by atoms with Crippen molar-refractivity contribution >= 4 is 67.6 Å². The molecule has 1 aromatic carbocycles. The fourth-order valence-electron chi connectivity index (χ4n) is 3.46. The largest absolute Gasteiger partial charge is 0.301 e. The molecule has 0 N–H and O–H groups in total. The maximum Gasteiger partial charge on any atom is 0.238 e. The highest BCUT2D eigenvalue weighted by Gasteiger charge is 2.43. The molecule has 0 bridgehead atoms. The lowest BCUT2D eigenvalue weighted by atomic mass is 9.86. The van der Waals surface area contributed by atoms with E-state index < -0.39 is 5.54 Å². The van der Waals surface area contributed by atoms with E-state index in [0.29, 0.717) is 5.75 Å². The Morgan fingerprint density at radius 3 is 2.57 bits per heavy atom. The summed E-state index contributed by atoms with van der Waals surface area (Å²) in [5, 5.41) is 9.08. The van der Waals surface area contributed by atoms with Crippen molar-refractivity contribution in [2.45, 2.75) is 44.5 Å². The molecule has 0 spiro atoms. The molecule has 3 aromatic rings. The molecule has 28 heavy (non-hydrogen) atoms. The third-order valence-corrected chi connectivity index (χ3v) is 10.2. The number of benzene rings is 1. The van der Waals surface area contributed by atoms with Gasteiger partial charge in [0.1, 0.15) is 8.83 Å². The van der Waals surface area contributed by atoms with Crippen molar-refractivity contribution < 1.29 is 4.79 Å². The Morgan fingerprint density at radius 2 is 1.89 bits per heavy atom. The summed E-state index contributed by atoms with van der Waals surface area (Å²) in [5.74, 6) is 0.400. The van der Waals surface area contributed by atoms with Crippen LogP contribution in [0.2, 0.25) is 0 Å². The molecular weight excluding hydrogens is 447 g/mol. The first-order valence-electron chi connectivity index (χ1n) is 8.71. The van der Waals surface area contributed by atoms with E-state index in [1.807, 2.05) is 11.8 Å².